The molecule has 0 spiro atoms. The maximum absolute atomic E-state index is 12.0. The molecule has 1 unspecified atom stereocenters. The molecular formula is C14H25N3O2. The number of piperidine rings is 1. The Labute approximate surface area is 115 Å². The third-order valence-electron chi connectivity index (χ3n) is 3.67. The molecule has 1 saturated heterocycles. The normalized spacial score (nSPS) is 23.3. The molecule has 2 fully saturated rings. The highest BCUT2D eigenvalue weighted by molar-refractivity contribution is 5.81. The molecule has 0 bridgehead atoms. The predicted octanol–water partition coefficient (Wildman–Crippen LogP) is 1.34. The average Bonchev–Trinajstić information content (AvgIpc) is 3.20. The highest BCUT2D eigenvalue weighted by Gasteiger charge is 2.31. The molecule has 0 aromatic heterocycles. The number of amides is 3. The third-order valence-corrected chi connectivity index (χ3v) is 3.67. The van der Waals surface area contributed by atoms with Gasteiger partial charge in [0, 0.05) is 25.7 Å². The van der Waals surface area contributed by atoms with Crippen LogP contribution in [-0.2, 0) is 4.79 Å². The summed E-state index contributed by atoms with van der Waals surface area (Å²) in [6, 6.07) is 0.381. The SMILES string of the molecule is CC(C)CNC(=O)C1CCCN(C(=O)NC2CC2)C1. The van der Waals surface area contributed by atoms with Crippen LogP contribution >= 0.6 is 0 Å². The first-order valence-corrected chi connectivity index (χ1v) is 7.39. The second-order valence-electron chi connectivity index (χ2n) is 6.15. The summed E-state index contributed by atoms with van der Waals surface area (Å²) in [5.74, 6) is 0.511. The molecule has 5 heteroatoms. The van der Waals surface area contributed by atoms with Crippen molar-refractivity contribution < 1.29 is 9.59 Å². The highest BCUT2D eigenvalue weighted by atomic mass is 16.2. The fourth-order valence-corrected chi connectivity index (χ4v) is 2.32. The first-order valence-electron chi connectivity index (χ1n) is 7.39. The fraction of sp³-hybridized carbons (Fsp3) is 0.857. The van der Waals surface area contributed by atoms with Crippen LogP contribution in [0.4, 0.5) is 4.79 Å². The van der Waals surface area contributed by atoms with E-state index in [4.69, 9.17) is 0 Å². The van der Waals surface area contributed by atoms with Gasteiger partial charge in [-0.15, -0.1) is 0 Å². The number of carbonyl (C=O) groups is 2. The van der Waals surface area contributed by atoms with Gasteiger partial charge in [0.1, 0.15) is 0 Å². The molecule has 3 amide bonds. The van der Waals surface area contributed by atoms with Crippen LogP contribution in [0.15, 0.2) is 0 Å². The summed E-state index contributed by atoms with van der Waals surface area (Å²) in [5.41, 5.74) is 0. The summed E-state index contributed by atoms with van der Waals surface area (Å²) in [6.45, 7) is 6.20. The van der Waals surface area contributed by atoms with Crippen LogP contribution in [0.5, 0.6) is 0 Å². The molecule has 0 aromatic rings. The van der Waals surface area contributed by atoms with Crippen molar-refractivity contribution in [3.8, 4) is 0 Å². The van der Waals surface area contributed by atoms with E-state index in [9.17, 15) is 9.59 Å². The smallest absolute Gasteiger partial charge is 0.317 e. The summed E-state index contributed by atoms with van der Waals surface area (Å²) in [4.78, 5) is 25.8. The fourth-order valence-electron chi connectivity index (χ4n) is 2.32. The monoisotopic (exact) mass is 267 g/mol. The first-order chi connectivity index (χ1) is 9.06. The van der Waals surface area contributed by atoms with Gasteiger partial charge in [-0.1, -0.05) is 13.8 Å². The molecule has 1 heterocycles. The molecule has 5 nitrogen and oxygen atoms in total. The van der Waals surface area contributed by atoms with E-state index in [1.54, 1.807) is 4.90 Å². The van der Waals surface area contributed by atoms with E-state index in [1.807, 2.05) is 0 Å². The zero-order chi connectivity index (χ0) is 13.8. The van der Waals surface area contributed by atoms with Crippen molar-refractivity contribution in [1.82, 2.24) is 15.5 Å². The van der Waals surface area contributed by atoms with E-state index in [1.165, 1.54) is 0 Å². The van der Waals surface area contributed by atoms with Crippen LogP contribution in [0.3, 0.4) is 0 Å². The van der Waals surface area contributed by atoms with Gasteiger partial charge in [0.15, 0.2) is 0 Å². The van der Waals surface area contributed by atoms with E-state index in [-0.39, 0.29) is 17.9 Å². The topological polar surface area (TPSA) is 61.4 Å². The van der Waals surface area contributed by atoms with Crippen LogP contribution in [0.1, 0.15) is 39.5 Å². The van der Waals surface area contributed by atoms with E-state index in [2.05, 4.69) is 24.5 Å². The van der Waals surface area contributed by atoms with Gasteiger partial charge in [-0.2, -0.15) is 0 Å². The Balaban J connectivity index is 1.78. The van der Waals surface area contributed by atoms with Gasteiger partial charge in [-0.25, -0.2) is 4.79 Å². The van der Waals surface area contributed by atoms with Gasteiger partial charge in [-0.3, -0.25) is 4.79 Å². The summed E-state index contributed by atoms with van der Waals surface area (Å²) in [5, 5.41) is 5.96. The molecule has 1 aliphatic carbocycles. The second kappa shape index (κ2) is 6.26. The second-order valence-corrected chi connectivity index (χ2v) is 6.15. The van der Waals surface area contributed by atoms with Gasteiger partial charge >= 0.3 is 6.03 Å². The predicted molar refractivity (Wildman–Crippen MR) is 73.7 cm³/mol. The van der Waals surface area contributed by atoms with Gasteiger partial charge in [0.05, 0.1) is 5.92 Å². The van der Waals surface area contributed by atoms with E-state index >= 15 is 0 Å². The van der Waals surface area contributed by atoms with Crippen LogP contribution in [0.2, 0.25) is 0 Å². The number of nitrogens with zero attached hydrogens (tertiary/aromatic N) is 1. The lowest BCUT2D eigenvalue weighted by molar-refractivity contribution is -0.126. The van der Waals surface area contributed by atoms with Crippen LogP contribution in [-0.4, -0.2) is 42.5 Å². The maximum atomic E-state index is 12.0. The standard InChI is InChI=1S/C14H25N3O2/c1-10(2)8-15-13(18)11-4-3-7-17(9-11)14(19)16-12-5-6-12/h10-12H,3-9H2,1-2H3,(H,15,18)(H,16,19). The Morgan fingerprint density at radius 2 is 2.00 bits per heavy atom. The van der Waals surface area contributed by atoms with Gasteiger partial charge in [-0.05, 0) is 31.6 Å². The van der Waals surface area contributed by atoms with Crippen molar-refractivity contribution in [2.45, 2.75) is 45.6 Å². The van der Waals surface area contributed by atoms with Crippen LogP contribution in [0.25, 0.3) is 0 Å². The van der Waals surface area contributed by atoms with Crippen molar-refractivity contribution in [3.05, 3.63) is 0 Å². The number of rotatable bonds is 4. The molecule has 2 N–H and O–H groups in total. The van der Waals surface area contributed by atoms with Crippen molar-refractivity contribution in [2.75, 3.05) is 19.6 Å². The number of hydrogen-bond donors (Lipinski definition) is 2. The molecular weight excluding hydrogens is 242 g/mol. The Morgan fingerprint density at radius 1 is 1.26 bits per heavy atom. The molecule has 0 radical (unpaired) electrons. The molecule has 1 saturated carbocycles. The number of urea groups is 1. The van der Waals surface area contributed by atoms with Gasteiger partial charge in [0.2, 0.25) is 5.91 Å². The summed E-state index contributed by atoms with van der Waals surface area (Å²) >= 11 is 0. The minimum Gasteiger partial charge on any atom is -0.356 e. The third kappa shape index (κ3) is 4.40. The van der Waals surface area contributed by atoms with Crippen molar-refractivity contribution in [2.24, 2.45) is 11.8 Å². The minimum absolute atomic E-state index is 0.00357. The lowest BCUT2D eigenvalue weighted by Gasteiger charge is -2.32. The summed E-state index contributed by atoms with van der Waals surface area (Å²) in [6.07, 6.45) is 3.99. The van der Waals surface area contributed by atoms with Gasteiger partial charge < -0.3 is 15.5 Å². The number of hydrogen-bond acceptors (Lipinski definition) is 2. The lowest BCUT2D eigenvalue weighted by Crippen LogP contribution is -2.49. The van der Waals surface area contributed by atoms with Crippen molar-refractivity contribution in [3.63, 3.8) is 0 Å². The zero-order valence-corrected chi connectivity index (χ0v) is 11.9. The largest absolute Gasteiger partial charge is 0.356 e. The van der Waals surface area contributed by atoms with E-state index in [0.717, 1.165) is 32.2 Å². The Bertz CT molecular complexity index is 340. The molecule has 2 rings (SSSR count). The maximum Gasteiger partial charge on any atom is 0.317 e. The van der Waals surface area contributed by atoms with Gasteiger partial charge in [0.25, 0.3) is 0 Å². The highest BCUT2D eigenvalue weighted by Crippen LogP contribution is 2.21. The zero-order valence-electron chi connectivity index (χ0n) is 11.9. The van der Waals surface area contributed by atoms with Crippen LogP contribution in [0, 0.1) is 11.8 Å². The average molecular weight is 267 g/mol. The Kier molecular flexibility index (Phi) is 4.66. The van der Waals surface area contributed by atoms with Crippen LogP contribution < -0.4 is 10.6 Å². The summed E-state index contributed by atoms with van der Waals surface area (Å²) < 4.78 is 0. The Morgan fingerprint density at radius 3 is 2.63 bits per heavy atom. The molecule has 2 aliphatic rings. The molecule has 108 valence electrons. The Hall–Kier alpha value is -1.26. The van der Waals surface area contributed by atoms with E-state index < -0.39 is 0 Å². The number of carbonyl (C=O) groups excluding carboxylic acids is 2. The van der Waals surface area contributed by atoms with Crippen molar-refractivity contribution in [1.29, 1.82) is 0 Å². The number of nitrogens with one attached hydrogen (secondary N) is 2. The molecule has 1 aliphatic heterocycles. The van der Waals surface area contributed by atoms with E-state index in [0.29, 0.717) is 25.0 Å². The van der Waals surface area contributed by atoms with Crippen molar-refractivity contribution >= 4 is 11.9 Å². The summed E-state index contributed by atoms with van der Waals surface area (Å²) in [7, 11) is 0. The molecule has 1 atom stereocenters. The quantitative estimate of drug-likeness (QED) is 0.807. The number of likely N-dealkylation sites (tertiary alicyclic amines) is 1. The molecule has 19 heavy (non-hydrogen) atoms. The first kappa shape index (κ1) is 14.2. The minimum atomic E-state index is -0.0440. The lowest BCUT2D eigenvalue weighted by atomic mass is 9.97. The molecule has 0 aromatic carbocycles.